The maximum absolute atomic E-state index is 12.5. The Balaban J connectivity index is 2.13. The van der Waals surface area contributed by atoms with Crippen molar-refractivity contribution in [2.45, 2.75) is 31.6 Å². The number of anilines is 1. The molecule has 1 fully saturated rings. The number of pyridine rings is 1. The first-order valence-electron chi connectivity index (χ1n) is 7.88. The van der Waals surface area contributed by atoms with Gasteiger partial charge in [0, 0.05) is 32.4 Å². The van der Waals surface area contributed by atoms with Gasteiger partial charge in [-0.1, -0.05) is 13.3 Å². The average Bonchev–Trinajstić information content (AvgIpc) is 2.57. The number of rotatable bonds is 7. The average molecular weight is 327 g/mol. The molecule has 0 saturated carbocycles. The molecule has 0 atom stereocenters. The van der Waals surface area contributed by atoms with Gasteiger partial charge in [-0.3, -0.25) is 0 Å². The van der Waals surface area contributed by atoms with E-state index in [-0.39, 0.29) is 4.90 Å². The molecule has 0 aromatic carbocycles. The lowest BCUT2D eigenvalue weighted by Crippen LogP contribution is -2.40. The first-order valence-corrected chi connectivity index (χ1v) is 9.32. The molecule has 2 heterocycles. The van der Waals surface area contributed by atoms with Gasteiger partial charge in [-0.05, 0) is 25.5 Å². The van der Waals surface area contributed by atoms with Crippen LogP contribution in [0.4, 0.5) is 5.82 Å². The third-order valence-corrected chi connectivity index (χ3v) is 5.70. The summed E-state index contributed by atoms with van der Waals surface area (Å²) >= 11 is 0. The van der Waals surface area contributed by atoms with Gasteiger partial charge in [0.05, 0.1) is 13.2 Å². The third kappa shape index (κ3) is 3.97. The van der Waals surface area contributed by atoms with Crippen LogP contribution in [0.2, 0.25) is 0 Å². The van der Waals surface area contributed by atoms with Gasteiger partial charge in [-0.2, -0.15) is 4.31 Å². The molecule has 22 heavy (non-hydrogen) atoms. The van der Waals surface area contributed by atoms with E-state index in [0.29, 0.717) is 26.3 Å². The molecule has 2 rings (SSSR count). The zero-order valence-corrected chi connectivity index (χ0v) is 14.2. The standard InChI is InChI=1S/C15H25N3O3S/c1-3-5-8-17(4-2)15-7-6-14(13-16-15)22(19,20)18-9-11-21-12-10-18/h6-7,13H,3-5,8-12H2,1-2H3. The van der Waals surface area contributed by atoms with Crippen molar-refractivity contribution in [3.8, 4) is 0 Å². The Kier molecular flexibility index (Phi) is 6.16. The molecule has 0 amide bonds. The van der Waals surface area contributed by atoms with Crippen LogP contribution < -0.4 is 4.90 Å². The summed E-state index contributed by atoms with van der Waals surface area (Å²) in [6.07, 6.45) is 3.69. The van der Waals surface area contributed by atoms with Crippen LogP contribution in [0.1, 0.15) is 26.7 Å². The number of ether oxygens (including phenoxy) is 1. The molecule has 1 aromatic rings. The molecule has 6 nitrogen and oxygen atoms in total. The molecular weight excluding hydrogens is 302 g/mol. The fourth-order valence-electron chi connectivity index (χ4n) is 2.43. The minimum Gasteiger partial charge on any atom is -0.379 e. The van der Waals surface area contributed by atoms with Gasteiger partial charge in [0.1, 0.15) is 10.7 Å². The predicted molar refractivity (Wildman–Crippen MR) is 86.6 cm³/mol. The second-order valence-electron chi connectivity index (χ2n) is 5.30. The molecule has 0 N–H and O–H groups in total. The largest absolute Gasteiger partial charge is 0.379 e. The van der Waals surface area contributed by atoms with E-state index in [2.05, 4.69) is 23.7 Å². The zero-order chi connectivity index (χ0) is 16.0. The molecule has 0 radical (unpaired) electrons. The second-order valence-corrected chi connectivity index (χ2v) is 7.24. The predicted octanol–water partition coefficient (Wildman–Crippen LogP) is 1.73. The molecular formula is C15H25N3O3S. The van der Waals surface area contributed by atoms with Gasteiger partial charge in [0.25, 0.3) is 0 Å². The van der Waals surface area contributed by atoms with Crippen molar-refractivity contribution in [2.75, 3.05) is 44.3 Å². The van der Waals surface area contributed by atoms with Crippen LogP contribution in [-0.4, -0.2) is 57.1 Å². The summed E-state index contributed by atoms with van der Waals surface area (Å²) < 4.78 is 31.7. The molecule has 0 spiro atoms. The van der Waals surface area contributed by atoms with Crippen molar-refractivity contribution in [2.24, 2.45) is 0 Å². The molecule has 124 valence electrons. The van der Waals surface area contributed by atoms with Crippen LogP contribution in [0.5, 0.6) is 0 Å². The Hall–Kier alpha value is -1.18. The minimum atomic E-state index is -3.46. The van der Waals surface area contributed by atoms with Gasteiger partial charge < -0.3 is 9.64 Å². The van der Waals surface area contributed by atoms with Gasteiger partial charge in [0.15, 0.2) is 0 Å². The third-order valence-electron chi connectivity index (χ3n) is 3.82. The van der Waals surface area contributed by atoms with Crippen LogP contribution in [-0.2, 0) is 14.8 Å². The highest BCUT2D eigenvalue weighted by molar-refractivity contribution is 7.89. The molecule has 7 heteroatoms. The Morgan fingerprint density at radius 3 is 2.55 bits per heavy atom. The van der Waals surface area contributed by atoms with Gasteiger partial charge >= 0.3 is 0 Å². The van der Waals surface area contributed by atoms with E-state index in [9.17, 15) is 8.42 Å². The van der Waals surface area contributed by atoms with Crippen LogP contribution >= 0.6 is 0 Å². The Morgan fingerprint density at radius 1 is 1.27 bits per heavy atom. The lowest BCUT2D eigenvalue weighted by molar-refractivity contribution is 0.0730. The summed E-state index contributed by atoms with van der Waals surface area (Å²) in [6, 6.07) is 3.45. The topological polar surface area (TPSA) is 62.7 Å². The summed E-state index contributed by atoms with van der Waals surface area (Å²) in [5.41, 5.74) is 0. The molecule has 0 aliphatic carbocycles. The number of sulfonamides is 1. The monoisotopic (exact) mass is 327 g/mol. The Morgan fingerprint density at radius 2 is 2.00 bits per heavy atom. The molecule has 1 aromatic heterocycles. The van der Waals surface area contributed by atoms with E-state index in [1.807, 2.05) is 0 Å². The molecule has 1 aliphatic heterocycles. The summed E-state index contributed by atoms with van der Waals surface area (Å²) in [5, 5.41) is 0. The maximum atomic E-state index is 12.5. The smallest absolute Gasteiger partial charge is 0.244 e. The minimum absolute atomic E-state index is 0.254. The van der Waals surface area contributed by atoms with E-state index in [1.54, 1.807) is 12.1 Å². The van der Waals surface area contributed by atoms with E-state index in [1.165, 1.54) is 10.5 Å². The number of aromatic nitrogens is 1. The van der Waals surface area contributed by atoms with Crippen molar-refractivity contribution in [3.05, 3.63) is 18.3 Å². The lowest BCUT2D eigenvalue weighted by atomic mass is 10.3. The van der Waals surface area contributed by atoms with E-state index >= 15 is 0 Å². The SMILES string of the molecule is CCCCN(CC)c1ccc(S(=O)(=O)N2CCOCC2)cn1. The van der Waals surface area contributed by atoms with Crippen LogP contribution in [0.25, 0.3) is 0 Å². The zero-order valence-electron chi connectivity index (χ0n) is 13.4. The number of nitrogens with zero attached hydrogens (tertiary/aromatic N) is 3. The summed E-state index contributed by atoms with van der Waals surface area (Å²) in [7, 11) is -3.46. The fourth-order valence-corrected chi connectivity index (χ4v) is 3.79. The maximum Gasteiger partial charge on any atom is 0.244 e. The summed E-state index contributed by atoms with van der Waals surface area (Å²) in [6.45, 7) is 7.74. The number of hydrogen-bond donors (Lipinski definition) is 0. The summed E-state index contributed by atoms with van der Waals surface area (Å²) in [5.74, 6) is 0.830. The first kappa shape index (κ1) is 17.2. The second kappa shape index (κ2) is 7.89. The molecule has 0 unspecified atom stereocenters. The highest BCUT2D eigenvalue weighted by Crippen LogP contribution is 2.19. The van der Waals surface area contributed by atoms with Gasteiger partial charge in [-0.15, -0.1) is 0 Å². The normalized spacial score (nSPS) is 16.6. The molecule has 1 aliphatic rings. The molecule has 1 saturated heterocycles. The number of morpholine rings is 1. The van der Waals surface area contributed by atoms with Crippen molar-refractivity contribution in [1.29, 1.82) is 0 Å². The highest BCUT2D eigenvalue weighted by Gasteiger charge is 2.26. The summed E-state index contributed by atoms with van der Waals surface area (Å²) in [4.78, 5) is 6.77. The van der Waals surface area contributed by atoms with Crippen LogP contribution in [0.15, 0.2) is 23.2 Å². The fraction of sp³-hybridized carbons (Fsp3) is 0.667. The van der Waals surface area contributed by atoms with Gasteiger partial charge in [0.2, 0.25) is 10.0 Å². The van der Waals surface area contributed by atoms with Crippen molar-refractivity contribution < 1.29 is 13.2 Å². The quantitative estimate of drug-likeness (QED) is 0.763. The van der Waals surface area contributed by atoms with E-state index in [4.69, 9.17) is 4.74 Å². The lowest BCUT2D eigenvalue weighted by Gasteiger charge is -2.26. The first-order chi connectivity index (χ1) is 10.6. The number of hydrogen-bond acceptors (Lipinski definition) is 5. The van der Waals surface area contributed by atoms with Crippen LogP contribution in [0.3, 0.4) is 0 Å². The number of unbranched alkanes of at least 4 members (excludes halogenated alkanes) is 1. The Bertz CT molecular complexity index is 554. The highest BCUT2D eigenvalue weighted by atomic mass is 32.2. The van der Waals surface area contributed by atoms with Crippen molar-refractivity contribution >= 4 is 15.8 Å². The van der Waals surface area contributed by atoms with Crippen molar-refractivity contribution in [3.63, 3.8) is 0 Å². The Labute approximate surface area is 133 Å². The van der Waals surface area contributed by atoms with E-state index < -0.39 is 10.0 Å². The molecule has 0 bridgehead atoms. The van der Waals surface area contributed by atoms with Gasteiger partial charge in [-0.25, -0.2) is 13.4 Å². The van der Waals surface area contributed by atoms with Crippen LogP contribution in [0, 0.1) is 0 Å². The van der Waals surface area contributed by atoms with Crippen molar-refractivity contribution in [1.82, 2.24) is 9.29 Å². The van der Waals surface area contributed by atoms with E-state index in [0.717, 1.165) is 31.7 Å².